The Morgan fingerprint density at radius 3 is 2.00 bits per heavy atom. The second-order valence-corrected chi connectivity index (χ2v) is 6.46. The van der Waals surface area contributed by atoms with Gasteiger partial charge in [0.25, 0.3) is 0 Å². The molecule has 0 radical (unpaired) electrons. The molecule has 0 fully saturated rings. The van der Waals surface area contributed by atoms with Gasteiger partial charge in [-0.2, -0.15) is 0 Å². The third-order valence-electron chi connectivity index (χ3n) is 3.47. The lowest BCUT2D eigenvalue weighted by Crippen LogP contribution is -2.56. The summed E-state index contributed by atoms with van der Waals surface area (Å²) < 4.78 is 5.63. The molecule has 0 saturated heterocycles. The molecule has 1 unspecified atom stereocenters. The molecule has 6 N–H and O–H groups in total. The van der Waals surface area contributed by atoms with Crippen LogP contribution in [0.4, 0.5) is 0 Å². The van der Waals surface area contributed by atoms with E-state index in [0.29, 0.717) is 25.6 Å². The summed E-state index contributed by atoms with van der Waals surface area (Å²) >= 11 is 0. The van der Waals surface area contributed by atoms with Gasteiger partial charge in [-0.05, 0) is 18.4 Å². The second-order valence-electron chi connectivity index (χ2n) is 6.46. The molecule has 134 valence electrons. The van der Waals surface area contributed by atoms with E-state index in [1.54, 1.807) is 0 Å². The van der Waals surface area contributed by atoms with Crippen molar-refractivity contribution in [3.63, 3.8) is 0 Å². The van der Waals surface area contributed by atoms with Crippen LogP contribution in [-0.4, -0.2) is 84.7 Å². The molecule has 7 heteroatoms. The monoisotopic (exact) mass is 322 g/mol. The number of rotatable bonds is 14. The second kappa shape index (κ2) is 12.2. The van der Waals surface area contributed by atoms with Gasteiger partial charge in [0.2, 0.25) is 0 Å². The number of hydrogen-bond acceptors (Lipinski definition) is 7. The van der Waals surface area contributed by atoms with Crippen LogP contribution in [-0.2, 0) is 4.74 Å². The molecule has 0 saturated carbocycles. The van der Waals surface area contributed by atoms with Crippen LogP contribution in [0, 0.1) is 11.8 Å². The molecule has 1 atom stereocenters. The Balaban J connectivity index is 4.10. The first-order valence-electron chi connectivity index (χ1n) is 7.92. The van der Waals surface area contributed by atoms with E-state index in [2.05, 4.69) is 24.5 Å². The molecular weight excluding hydrogens is 288 g/mol. The summed E-state index contributed by atoms with van der Waals surface area (Å²) in [5.74, 6) is 0.593. The maximum atomic E-state index is 9.52. The van der Waals surface area contributed by atoms with Crippen LogP contribution in [0.25, 0.3) is 0 Å². The summed E-state index contributed by atoms with van der Waals surface area (Å²) in [7, 11) is 0. The quantitative estimate of drug-likeness (QED) is 0.232. The fraction of sp³-hybridized carbons (Fsp3) is 1.00. The molecule has 0 rings (SSSR count). The van der Waals surface area contributed by atoms with Crippen molar-refractivity contribution in [2.75, 3.05) is 52.7 Å². The maximum Gasteiger partial charge on any atom is 0.0884 e. The highest BCUT2D eigenvalue weighted by atomic mass is 16.5. The Morgan fingerprint density at radius 1 is 0.955 bits per heavy atom. The van der Waals surface area contributed by atoms with E-state index in [1.807, 2.05) is 6.92 Å². The van der Waals surface area contributed by atoms with Crippen molar-refractivity contribution < 1.29 is 25.2 Å². The first-order valence-corrected chi connectivity index (χ1v) is 7.92. The molecule has 22 heavy (non-hydrogen) atoms. The van der Waals surface area contributed by atoms with Gasteiger partial charge in [-0.3, -0.25) is 0 Å². The minimum Gasteiger partial charge on any atom is -0.395 e. The predicted octanol–water partition coefficient (Wildman–Crippen LogP) is -1.45. The van der Waals surface area contributed by atoms with Gasteiger partial charge in [0.05, 0.1) is 51.2 Å². The predicted molar refractivity (Wildman–Crippen MR) is 85.7 cm³/mol. The van der Waals surface area contributed by atoms with Gasteiger partial charge in [-0.15, -0.1) is 0 Å². The minimum absolute atomic E-state index is 0.110. The molecule has 0 aromatic carbocycles. The minimum atomic E-state index is -0.823. The fourth-order valence-corrected chi connectivity index (χ4v) is 1.79. The van der Waals surface area contributed by atoms with E-state index in [-0.39, 0.29) is 45.0 Å². The third-order valence-corrected chi connectivity index (χ3v) is 3.47. The Labute approximate surface area is 133 Å². The lowest BCUT2D eigenvalue weighted by Gasteiger charge is -2.32. The summed E-state index contributed by atoms with van der Waals surface area (Å²) in [4.78, 5) is 0. The zero-order chi connectivity index (χ0) is 17.0. The summed E-state index contributed by atoms with van der Waals surface area (Å²) in [6.45, 7) is 7.47. The first-order chi connectivity index (χ1) is 10.4. The fourth-order valence-electron chi connectivity index (χ4n) is 1.79. The largest absolute Gasteiger partial charge is 0.395 e. The van der Waals surface area contributed by atoms with Gasteiger partial charge in [-0.1, -0.05) is 20.8 Å². The topological polar surface area (TPSA) is 114 Å². The molecule has 0 aliphatic heterocycles. The van der Waals surface area contributed by atoms with E-state index >= 15 is 0 Å². The molecule has 0 spiro atoms. The van der Waals surface area contributed by atoms with E-state index < -0.39 is 5.54 Å². The number of nitrogens with one attached hydrogen (secondary N) is 2. The number of ether oxygens (including phenoxy) is 1. The summed E-state index contributed by atoms with van der Waals surface area (Å²) in [6, 6.07) is -0.316. The summed E-state index contributed by atoms with van der Waals surface area (Å²) in [6.07, 6.45) is 0. The Bertz CT molecular complexity index is 258. The number of hydrogen-bond donors (Lipinski definition) is 6. The van der Waals surface area contributed by atoms with Gasteiger partial charge in [0, 0.05) is 6.54 Å². The maximum absolute atomic E-state index is 9.52. The van der Waals surface area contributed by atoms with Crippen LogP contribution in [0.15, 0.2) is 0 Å². The summed E-state index contributed by atoms with van der Waals surface area (Å²) in [5, 5.41) is 43.2. The first kappa shape index (κ1) is 21.7. The van der Waals surface area contributed by atoms with Crippen molar-refractivity contribution in [1.82, 2.24) is 10.6 Å². The smallest absolute Gasteiger partial charge is 0.0884 e. The van der Waals surface area contributed by atoms with Crippen molar-refractivity contribution >= 4 is 0 Å². The van der Waals surface area contributed by atoms with Gasteiger partial charge in [0.15, 0.2) is 0 Å². The standard InChI is InChI=1S/C15H34N2O5/c1-12(2)4-17-15(9-20,10-21)11-22-8-13(3)5-16-14(6-18)7-19/h12-14,16-21H,4-11H2,1-3H3. The highest BCUT2D eigenvalue weighted by molar-refractivity contribution is 4.87. The lowest BCUT2D eigenvalue weighted by atomic mass is 10.0. The Hall–Kier alpha value is -0.280. The molecule has 0 aromatic heterocycles. The molecule has 0 amide bonds. The Kier molecular flexibility index (Phi) is 12.0. The molecule has 7 nitrogen and oxygen atoms in total. The van der Waals surface area contributed by atoms with Gasteiger partial charge in [-0.25, -0.2) is 0 Å². The van der Waals surface area contributed by atoms with E-state index in [0.717, 1.165) is 0 Å². The average molecular weight is 322 g/mol. The Morgan fingerprint density at radius 2 is 1.55 bits per heavy atom. The summed E-state index contributed by atoms with van der Waals surface area (Å²) in [5.41, 5.74) is -0.823. The molecule has 0 bridgehead atoms. The van der Waals surface area contributed by atoms with Crippen LogP contribution >= 0.6 is 0 Å². The number of aliphatic hydroxyl groups excluding tert-OH is 4. The van der Waals surface area contributed by atoms with E-state index in [4.69, 9.17) is 14.9 Å². The zero-order valence-corrected chi connectivity index (χ0v) is 14.1. The van der Waals surface area contributed by atoms with Crippen molar-refractivity contribution in [1.29, 1.82) is 0 Å². The highest BCUT2D eigenvalue weighted by Crippen LogP contribution is 2.07. The van der Waals surface area contributed by atoms with Crippen molar-refractivity contribution in [3.05, 3.63) is 0 Å². The van der Waals surface area contributed by atoms with Crippen LogP contribution in [0.2, 0.25) is 0 Å². The van der Waals surface area contributed by atoms with E-state index in [9.17, 15) is 10.2 Å². The normalized spacial score (nSPS) is 14.0. The van der Waals surface area contributed by atoms with Gasteiger partial charge < -0.3 is 35.8 Å². The molecule has 0 heterocycles. The van der Waals surface area contributed by atoms with Gasteiger partial charge >= 0.3 is 0 Å². The third kappa shape index (κ3) is 8.99. The molecule has 0 aliphatic rings. The molecule has 0 aliphatic carbocycles. The SMILES string of the molecule is CC(C)CNC(CO)(CO)COCC(C)CNC(CO)CO. The van der Waals surface area contributed by atoms with Crippen molar-refractivity contribution in [3.8, 4) is 0 Å². The van der Waals surface area contributed by atoms with E-state index in [1.165, 1.54) is 0 Å². The zero-order valence-electron chi connectivity index (χ0n) is 14.1. The van der Waals surface area contributed by atoms with Crippen LogP contribution in [0.5, 0.6) is 0 Å². The van der Waals surface area contributed by atoms with Crippen LogP contribution in [0.1, 0.15) is 20.8 Å². The average Bonchev–Trinajstić information content (AvgIpc) is 2.51. The van der Waals surface area contributed by atoms with Crippen molar-refractivity contribution in [2.45, 2.75) is 32.4 Å². The molecular formula is C15H34N2O5. The van der Waals surface area contributed by atoms with Gasteiger partial charge in [0.1, 0.15) is 0 Å². The molecule has 0 aromatic rings. The van der Waals surface area contributed by atoms with Crippen LogP contribution < -0.4 is 10.6 Å². The van der Waals surface area contributed by atoms with Crippen LogP contribution in [0.3, 0.4) is 0 Å². The van der Waals surface area contributed by atoms with Crippen molar-refractivity contribution in [2.24, 2.45) is 11.8 Å². The number of aliphatic hydroxyl groups is 4. The lowest BCUT2D eigenvalue weighted by molar-refractivity contribution is -0.00616. The highest BCUT2D eigenvalue weighted by Gasteiger charge is 2.29.